The van der Waals surface area contributed by atoms with E-state index in [-0.39, 0.29) is 0 Å². The Bertz CT molecular complexity index is 747. The van der Waals surface area contributed by atoms with Crippen molar-refractivity contribution in [3.63, 3.8) is 0 Å². The fourth-order valence-corrected chi connectivity index (χ4v) is 2.57. The molecule has 2 aromatic heterocycles. The Hall–Kier alpha value is -1.87. The van der Waals surface area contributed by atoms with Crippen LogP contribution in [0.5, 0.6) is 0 Å². The summed E-state index contributed by atoms with van der Waals surface area (Å²) >= 11 is 6.46. The summed E-state index contributed by atoms with van der Waals surface area (Å²) in [6, 6.07) is 12.1. The molecule has 3 nitrogen and oxygen atoms in total. The summed E-state index contributed by atoms with van der Waals surface area (Å²) in [6.07, 6.45) is 2.01. The fraction of sp³-hybridized carbons (Fsp3) is 0.250. The van der Waals surface area contributed by atoms with E-state index in [1.807, 2.05) is 43.3 Å². The number of nitrogens with zero attached hydrogens (tertiary/aromatic N) is 3. The van der Waals surface area contributed by atoms with E-state index in [2.05, 4.69) is 12.0 Å². The first-order valence-electron chi connectivity index (χ1n) is 6.81. The Labute approximate surface area is 123 Å². The Morgan fingerprint density at radius 1 is 1.20 bits per heavy atom. The molecule has 0 N–H and O–H groups in total. The third kappa shape index (κ3) is 2.18. The van der Waals surface area contributed by atoms with Crippen LogP contribution in [0, 0.1) is 6.92 Å². The average Bonchev–Trinajstić information content (AvgIpc) is 2.87. The third-order valence-corrected chi connectivity index (χ3v) is 3.82. The van der Waals surface area contributed by atoms with Crippen molar-refractivity contribution in [1.82, 2.24) is 14.6 Å². The molecule has 0 amide bonds. The van der Waals surface area contributed by atoms with Crippen molar-refractivity contribution < 1.29 is 0 Å². The number of aromatic nitrogens is 3. The third-order valence-electron chi connectivity index (χ3n) is 3.37. The molecule has 0 saturated heterocycles. The van der Waals surface area contributed by atoms with Gasteiger partial charge in [-0.25, -0.2) is 9.50 Å². The van der Waals surface area contributed by atoms with Gasteiger partial charge in [-0.15, -0.1) is 0 Å². The molecule has 3 rings (SSSR count). The van der Waals surface area contributed by atoms with Gasteiger partial charge >= 0.3 is 0 Å². The number of rotatable bonds is 3. The van der Waals surface area contributed by atoms with E-state index in [0.717, 1.165) is 41.0 Å². The lowest BCUT2D eigenvalue weighted by Gasteiger charge is -2.08. The number of halogens is 1. The van der Waals surface area contributed by atoms with E-state index in [1.165, 1.54) is 0 Å². The van der Waals surface area contributed by atoms with Gasteiger partial charge < -0.3 is 0 Å². The molecule has 0 aliphatic rings. The molecule has 20 heavy (non-hydrogen) atoms. The van der Waals surface area contributed by atoms with Gasteiger partial charge in [0.05, 0.1) is 11.4 Å². The highest BCUT2D eigenvalue weighted by Gasteiger charge is 2.13. The summed E-state index contributed by atoms with van der Waals surface area (Å²) in [5.41, 5.74) is 4.80. The minimum atomic E-state index is 0.635. The van der Waals surface area contributed by atoms with Gasteiger partial charge in [-0.05, 0) is 13.3 Å². The van der Waals surface area contributed by atoms with E-state index in [0.29, 0.717) is 5.15 Å². The van der Waals surface area contributed by atoms with Crippen molar-refractivity contribution in [2.75, 3.05) is 0 Å². The van der Waals surface area contributed by atoms with E-state index in [1.54, 1.807) is 4.52 Å². The molecular weight excluding hydrogens is 270 g/mol. The van der Waals surface area contributed by atoms with Gasteiger partial charge in [-0.2, -0.15) is 5.10 Å². The standard InChI is InChI=1S/C16H16ClN3/c1-3-7-13-10-14-18-15(12-8-5-4-6-9-12)11(2)16(17)20(14)19-13/h4-6,8-10H,3,7H2,1-2H3. The van der Waals surface area contributed by atoms with E-state index < -0.39 is 0 Å². The number of aryl methyl sites for hydroxylation is 1. The maximum Gasteiger partial charge on any atom is 0.157 e. The van der Waals surface area contributed by atoms with Crippen LogP contribution in [0.2, 0.25) is 5.15 Å². The van der Waals surface area contributed by atoms with Gasteiger partial charge in [0.2, 0.25) is 0 Å². The second-order valence-corrected chi connectivity index (χ2v) is 5.26. The zero-order valence-electron chi connectivity index (χ0n) is 11.6. The van der Waals surface area contributed by atoms with E-state index in [4.69, 9.17) is 16.6 Å². The lowest BCUT2D eigenvalue weighted by atomic mass is 10.1. The molecule has 4 heteroatoms. The fourth-order valence-electron chi connectivity index (χ4n) is 2.35. The van der Waals surface area contributed by atoms with Crippen molar-refractivity contribution in [2.45, 2.75) is 26.7 Å². The monoisotopic (exact) mass is 285 g/mol. The Kier molecular flexibility index (Phi) is 3.45. The number of hydrogen-bond donors (Lipinski definition) is 0. The van der Waals surface area contributed by atoms with Crippen LogP contribution in [-0.2, 0) is 6.42 Å². The molecule has 0 unspecified atom stereocenters. The number of hydrogen-bond acceptors (Lipinski definition) is 2. The minimum absolute atomic E-state index is 0.635. The molecule has 1 aromatic carbocycles. The molecule has 3 aromatic rings. The van der Waals surface area contributed by atoms with Crippen molar-refractivity contribution in [3.8, 4) is 11.3 Å². The zero-order chi connectivity index (χ0) is 14.1. The van der Waals surface area contributed by atoms with Gasteiger partial charge in [0.15, 0.2) is 5.65 Å². The molecule has 0 fully saturated rings. The Balaban J connectivity index is 2.22. The maximum absolute atomic E-state index is 6.46. The molecule has 0 spiro atoms. The Morgan fingerprint density at radius 3 is 2.65 bits per heavy atom. The SMILES string of the molecule is CCCc1cc2nc(-c3ccccc3)c(C)c(Cl)n2n1. The minimum Gasteiger partial charge on any atom is -0.228 e. The summed E-state index contributed by atoms with van der Waals surface area (Å²) in [5, 5.41) is 5.16. The second-order valence-electron chi connectivity index (χ2n) is 4.90. The van der Waals surface area contributed by atoms with Crippen molar-refractivity contribution in [2.24, 2.45) is 0 Å². The van der Waals surface area contributed by atoms with Crippen LogP contribution in [0.4, 0.5) is 0 Å². The number of fused-ring (bicyclic) bond motifs is 1. The zero-order valence-corrected chi connectivity index (χ0v) is 12.4. The van der Waals surface area contributed by atoms with Gasteiger partial charge in [0.25, 0.3) is 0 Å². The highest BCUT2D eigenvalue weighted by molar-refractivity contribution is 6.30. The molecule has 0 bridgehead atoms. The predicted molar refractivity (Wildman–Crippen MR) is 82.2 cm³/mol. The summed E-state index contributed by atoms with van der Waals surface area (Å²) in [5.74, 6) is 0. The van der Waals surface area contributed by atoms with Crippen molar-refractivity contribution in [1.29, 1.82) is 0 Å². The van der Waals surface area contributed by atoms with Crippen LogP contribution in [-0.4, -0.2) is 14.6 Å². The van der Waals surface area contributed by atoms with Crippen LogP contribution in [0.25, 0.3) is 16.9 Å². The topological polar surface area (TPSA) is 30.2 Å². The van der Waals surface area contributed by atoms with Crippen LogP contribution >= 0.6 is 11.6 Å². The van der Waals surface area contributed by atoms with Gasteiger partial charge in [-0.1, -0.05) is 55.3 Å². The molecule has 2 heterocycles. The quantitative estimate of drug-likeness (QED) is 0.671. The molecule has 0 atom stereocenters. The summed E-state index contributed by atoms with van der Waals surface area (Å²) < 4.78 is 1.73. The maximum atomic E-state index is 6.46. The first-order valence-corrected chi connectivity index (χ1v) is 7.18. The lowest BCUT2D eigenvalue weighted by Crippen LogP contribution is -1.99. The van der Waals surface area contributed by atoms with Crippen molar-refractivity contribution in [3.05, 3.63) is 52.8 Å². The molecular formula is C16H16ClN3. The van der Waals surface area contributed by atoms with Gasteiger partial charge in [0.1, 0.15) is 5.15 Å². The predicted octanol–water partition coefficient (Wildman–Crippen LogP) is 4.31. The first-order chi connectivity index (χ1) is 9.70. The van der Waals surface area contributed by atoms with Crippen LogP contribution < -0.4 is 0 Å². The van der Waals surface area contributed by atoms with Crippen LogP contribution in [0.3, 0.4) is 0 Å². The second kappa shape index (κ2) is 5.25. The normalized spacial score (nSPS) is 11.2. The van der Waals surface area contributed by atoms with Gasteiger partial charge in [-0.3, -0.25) is 0 Å². The highest BCUT2D eigenvalue weighted by atomic mass is 35.5. The van der Waals surface area contributed by atoms with E-state index in [9.17, 15) is 0 Å². The summed E-state index contributed by atoms with van der Waals surface area (Å²) in [6.45, 7) is 4.12. The Morgan fingerprint density at radius 2 is 1.95 bits per heavy atom. The first kappa shape index (κ1) is 13.1. The van der Waals surface area contributed by atoms with E-state index >= 15 is 0 Å². The lowest BCUT2D eigenvalue weighted by molar-refractivity contribution is 0.831. The smallest absolute Gasteiger partial charge is 0.157 e. The summed E-state index contributed by atoms with van der Waals surface area (Å²) in [4.78, 5) is 4.72. The highest BCUT2D eigenvalue weighted by Crippen LogP contribution is 2.27. The summed E-state index contributed by atoms with van der Waals surface area (Å²) in [7, 11) is 0. The molecule has 102 valence electrons. The largest absolute Gasteiger partial charge is 0.228 e. The molecule has 0 aliphatic carbocycles. The molecule has 0 aliphatic heterocycles. The average molecular weight is 286 g/mol. The van der Waals surface area contributed by atoms with Crippen molar-refractivity contribution >= 4 is 17.2 Å². The van der Waals surface area contributed by atoms with Gasteiger partial charge in [0, 0.05) is 17.2 Å². The van der Waals surface area contributed by atoms with Crippen LogP contribution in [0.1, 0.15) is 24.6 Å². The molecule has 0 radical (unpaired) electrons. The number of benzene rings is 1. The molecule has 0 saturated carbocycles. The van der Waals surface area contributed by atoms with Crippen LogP contribution in [0.15, 0.2) is 36.4 Å².